The standard InChI is InChI=1S/C31H36N2O6/c1-37-21-8-6-20(24(15-21)38-2)16-32-29(35)22-9-7-19-14-25-31(36)11-10-23(34)28-30(31,26(19)27(22)39-28)12-13-33(25)17-18-4-3-5-18/h6-9,15,18,25,28,36H,3-5,10-14,16-17H2,1-2H3,(H,32,35)/t25-,28?,30+,31-/m1/s1. The maximum Gasteiger partial charge on any atom is 0.255 e. The topological polar surface area (TPSA) is 97.3 Å². The summed E-state index contributed by atoms with van der Waals surface area (Å²) >= 11 is 0. The van der Waals surface area contributed by atoms with Crippen molar-refractivity contribution in [1.82, 2.24) is 10.2 Å². The van der Waals surface area contributed by atoms with Crippen LogP contribution in [0.15, 0.2) is 30.3 Å². The summed E-state index contributed by atoms with van der Waals surface area (Å²) < 4.78 is 17.2. The molecule has 8 nitrogen and oxygen atoms in total. The van der Waals surface area contributed by atoms with Crippen molar-refractivity contribution in [2.75, 3.05) is 27.3 Å². The van der Waals surface area contributed by atoms with Crippen LogP contribution >= 0.6 is 0 Å². The second-order valence-electron chi connectivity index (χ2n) is 12.0. The highest BCUT2D eigenvalue weighted by Gasteiger charge is 2.73. The molecular formula is C31H36N2O6. The lowest BCUT2D eigenvalue weighted by molar-refractivity contribution is -0.190. The van der Waals surface area contributed by atoms with E-state index in [1.54, 1.807) is 20.3 Å². The first-order chi connectivity index (χ1) is 18.9. The molecule has 3 fully saturated rings. The van der Waals surface area contributed by atoms with E-state index in [1.165, 1.54) is 19.3 Å². The molecule has 2 bridgehead atoms. The van der Waals surface area contributed by atoms with E-state index >= 15 is 0 Å². The van der Waals surface area contributed by atoms with Gasteiger partial charge in [0.05, 0.1) is 30.8 Å². The first-order valence-corrected chi connectivity index (χ1v) is 14.2. The van der Waals surface area contributed by atoms with Crippen LogP contribution in [0.25, 0.3) is 0 Å². The van der Waals surface area contributed by atoms with Gasteiger partial charge in [0.1, 0.15) is 17.2 Å². The molecule has 2 saturated carbocycles. The molecule has 8 heteroatoms. The molecule has 2 aliphatic heterocycles. The Morgan fingerprint density at radius 1 is 1.18 bits per heavy atom. The van der Waals surface area contributed by atoms with Crippen LogP contribution in [-0.2, 0) is 23.2 Å². The van der Waals surface area contributed by atoms with Crippen LogP contribution < -0.4 is 19.5 Å². The lowest BCUT2D eigenvalue weighted by atomic mass is 9.49. The number of Topliss-reactive ketones (excluding diaryl/α,β-unsaturated/α-hetero) is 1. The Kier molecular flexibility index (Phi) is 5.72. The minimum atomic E-state index is -1.04. The Morgan fingerprint density at radius 3 is 2.77 bits per heavy atom. The van der Waals surface area contributed by atoms with Crippen molar-refractivity contribution < 1.29 is 28.9 Å². The summed E-state index contributed by atoms with van der Waals surface area (Å²) in [6.45, 7) is 2.11. The molecule has 39 heavy (non-hydrogen) atoms. The number of amides is 1. The fourth-order valence-corrected chi connectivity index (χ4v) is 8.10. The van der Waals surface area contributed by atoms with Crippen LogP contribution in [0, 0.1) is 5.92 Å². The number of nitrogens with zero attached hydrogens (tertiary/aromatic N) is 1. The number of likely N-dealkylation sites (tertiary alicyclic amines) is 1. The van der Waals surface area contributed by atoms with Crippen molar-refractivity contribution >= 4 is 11.7 Å². The number of carbonyl (C=O) groups is 2. The highest BCUT2D eigenvalue weighted by atomic mass is 16.5. The molecule has 1 spiro atoms. The van der Waals surface area contributed by atoms with Gasteiger partial charge in [-0.2, -0.15) is 0 Å². The highest BCUT2D eigenvalue weighted by molar-refractivity contribution is 5.99. The van der Waals surface area contributed by atoms with Gasteiger partial charge in [0.25, 0.3) is 5.91 Å². The Morgan fingerprint density at radius 2 is 2.03 bits per heavy atom. The van der Waals surface area contributed by atoms with Gasteiger partial charge < -0.3 is 24.6 Å². The monoisotopic (exact) mass is 532 g/mol. The summed E-state index contributed by atoms with van der Waals surface area (Å²) in [6, 6.07) is 9.29. The van der Waals surface area contributed by atoms with E-state index in [4.69, 9.17) is 14.2 Å². The van der Waals surface area contributed by atoms with Crippen molar-refractivity contribution in [3.63, 3.8) is 0 Å². The van der Waals surface area contributed by atoms with Gasteiger partial charge in [-0.15, -0.1) is 0 Å². The minimum absolute atomic E-state index is 0.0317. The summed E-state index contributed by atoms with van der Waals surface area (Å²) in [6.07, 6.45) is 5.21. The van der Waals surface area contributed by atoms with Crippen LogP contribution in [0.2, 0.25) is 0 Å². The van der Waals surface area contributed by atoms with Gasteiger partial charge in [-0.1, -0.05) is 12.5 Å². The molecule has 1 saturated heterocycles. The molecular weight excluding hydrogens is 496 g/mol. The van der Waals surface area contributed by atoms with Gasteiger partial charge in [0.15, 0.2) is 11.9 Å². The first kappa shape index (κ1) is 24.9. The molecule has 3 aliphatic carbocycles. The third kappa shape index (κ3) is 3.43. The molecule has 4 atom stereocenters. The van der Waals surface area contributed by atoms with E-state index in [9.17, 15) is 14.7 Å². The second kappa shape index (κ2) is 8.96. The number of rotatable bonds is 7. The SMILES string of the molecule is COc1ccc(CNC(=O)c2ccc3c4c2OC2C(=O)CC[C@@]5(O)[C@@H](C3)N(CC3CCC3)CC[C@]425)c(OC)c1. The number of piperidine rings is 1. The summed E-state index contributed by atoms with van der Waals surface area (Å²) in [4.78, 5) is 29.4. The van der Waals surface area contributed by atoms with Gasteiger partial charge in [0.2, 0.25) is 0 Å². The Labute approximate surface area is 228 Å². The Hall–Kier alpha value is -3.10. The molecule has 0 aromatic heterocycles. The number of benzene rings is 2. The minimum Gasteiger partial charge on any atom is -0.497 e. The fraction of sp³-hybridized carbons (Fsp3) is 0.548. The summed E-state index contributed by atoms with van der Waals surface area (Å²) in [7, 11) is 3.18. The quantitative estimate of drug-likeness (QED) is 0.566. The molecule has 7 rings (SSSR count). The van der Waals surface area contributed by atoms with Crippen LogP contribution in [0.5, 0.6) is 17.2 Å². The predicted octanol–water partition coefficient (Wildman–Crippen LogP) is 3.16. The molecule has 0 radical (unpaired) electrons. The number of aliphatic hydroxyl groups is 1. The number of hydrogen-bond acceptors (Lipinski definition) is 7. The van der Waals surface area contributed by atoms with Gasteiger partial charge in [0, 0.05) is 42.7 Å². The van der Waals surface area contributed by atoms with Crippen molar-refractivity contribution in [1.29, 1.82) is 0 Å². The lowest BCUT2D eigenvalue weighted by Crippen LogP contribution is -2.76. The van der Waals surface area contributed by atoms with Gasteiger partial charge >= 0.3 is 0 Å². The van der Waals surface area contributed by atoms with Crippen molar-refractivity contribution in [3.8, 4) is 17.2 Å². The van der Waals surface area contributed by atoms with Gasteiger partial charge in [-0.3, -0.25) is 14.5 Å². The van der Waals surface area contributed by atoms with Crippen LogP contribution in [-0.4, -0.2) is 66.8 Å². The zero-order chi connectivity index (χ0) is 26.9. The van der Waals surface area contributed by atoms with Crippen LogP contribution in [0.1, 0.15) is 65.6 Å². The maximum atomic E-state index is 13.5. The molecule has 2 aromatic carbocycles. The Bertz CT molecular complexity index is 1350. The number of carbonyl (C=O) groups excluding carboxylic acids is 2. The lowest BCUT2D eigenvalue weighted by Gasteiger charge is -2.63. The maximum absolute atomic E-state index is 13.5. The predicted molar refractivity (Wildman–Crippen MR) is 143 cm³/mol. The van der Waals surface area contributed by atoms with E-state index in [2.05, 4.69) is 10.2 Å². The van der Waals surface area contributed by atoms with Gasteiger partial charge in [-0.05, 0) is 68.3 Å². The zero-order valence-electron chi connectivity index (χ0n) is 22.6. The number of methoxy groups -OCH3 is 2. The van der Waals surface area contributed by atoms with Crippen LogP contribution in [0.3, 0.4) is 0 Å². The number of hydrogen-bond donors (Lipinski definition) is 2. The molecule has 2 N–H and O–H groups in total. The smallest absolute Gasteiger partial charge is 0.255 e. The summed E-state index contributed by atoms with van der Waals surface area (Å²) in [5, 5.41) is 15.5. The molecule has 2 heterocycles. The molecule has 1 unspecified atom stereocenters. The number of ketones is 1. The third-order valence-corrected chi connectivity index (χ3v) is 10.3. The molecule has 5 aliphatic rings. The molecule has 2 aromatic rings. The normalized spacial score (nSPS) is 30.7. The first-order valence-electron chi connectivity index (χ1n) is 14.2. The average molecular weight is 533 g/mol. The van der Waals surface area contributed by atoms with Crippen molar-refractivity contribution in [2.45, 2.75) is 74.7 Å². The highest BCUT2D eigenvalue weighted by Crippen LogP contribution is 2.64. The molecule has 206 valence electrons. The van der Waals surface area contributed by atoms with Crippen molar-refractivity contribution in [2.24, 2.45) is 5.92 Å². The summed E-state index contributed by atoms with van der Waals surface area (Å²) in [5.41, 5.74) is 1.40. The third-order valence-electron chi connectivity index (χ3n) is 10.3. The largest absolute Gasteiger partial charge is 0.497 e. The van der Waals surface area contributed by atoms with E-state index < -0.39 is 17.1 Å². The average Bonchev–Trinajstić information content (AvgIpc) is 3.28. The van der Waals surface area contributed by atoms with Crippen molar-refractivity contribution in [3.05, 3.63) is 52.6 Å². The summed E-state index contributed by atoms with van der Waals surface area (Å²) in [5.74, 6) is 2.24. The second-order valence-corrected chi connectivity index (χ2v) is 12.0. The van der Waals surface area contributed by atoms with E-state index in [0.717, 1.165) is 29.8 Å². The van der Waals surface area contributed by atoms with Crippen LogP contribution in [0.4, 0.5) is 0 Å². The molecule has 1 amide bonds. The Balaban J connectivity index is 1.23. The zero-order valence-corrected chi connectivity index (χ0v) is 22.6. The van der Waals surface area contributed by atoms with E-state index in [1.807, 2.05) is 24.3 Å². The van der Waals surface area contributed by atoms with E-state index in [0.29, 0.717) is 54.4 Å². The number of nitrogens with one attached hydrogen (secondary N) is 1. The fourth-order valence-electron chi connectivity index (χ4n) is 8.10. The number of ether oxygens (including phenoxy) is 3. The van der Waals surface area contributed by atoms with E-state index in [-0.39, 0.29) is 24.3 Å². The van der Waals surface area contributed by atoms with Gasteiger partial charge in [-0.25, -0.2) is 0 Å².